The maximum absolute atomic E-state index is 11.3. The Morgan fingerprint density at radius 3 is 2.87 bits per heavy atom. The largest absolute Gasteiger partial charge is 0.399 e. The minimum Gasteiger partial charge on any atom is -0.399 e. The summed E-state index contributed by atoms with van der Waals surface area (Å²) in [6.07, 6.45) is 0.352. The fourth-order valence-electron chi connectivity index (χ4n) is 1.03. The molecule has 84 valence electrons. The second-order valence-corrected chi connectivity index (χ2v) is 2.92. The van der Waals surface area contributed by atoms with Crippen molar-refractivity contribution < 1.29 is 9.53 Å². The molecule has 4 nitrogen and oxygen atoms in total. The van der Waals surface area contributed by atoms with E-state index >= 15 is 0 Å². The molecule has 0 radical (unpaired) electrons. The van der Waals surface area contributed by atoms with Gasteiger partial charge in [-0.2, -0.15) is 0 Å². The van der Waals surface area contributed by atoms with Gasteiger partial charge in [0.05, 0.1) is 13.0 Å². The van der Waals surface area contributed by atoms with E-state index in [0.29, 0.717) is 24.4 Å². The molecule has 0 heterocycles. The number of nitrogens with two attached hydrogens (primary N) is 1. The van der Waals surface area contributed by atoms with E-state index in [1.54, 1.807) is 31.4 Å². The summed E-state index contributed by atoms with van der Waals surface area (Å²) >= 11 is 0. The van der Waals surface area contributed by atoms with Crippen LogP contribution in [0.1, 0.15) is 6.42 Å². The van der Waals surface area contributed by atoms with Gasteiger partial charge in [0.15, 0.2) is 0 Å². The first-order chi connectivity index (χ1) is 6.72. The van der Waals surface area contributed by atoms with Gasteiger partial charge in [-0.25, -0.2) is 0 Å². The molecule has 0 unspecified atom stereocenters. The molecule has 1 rings (SSSR count). The molecule has 0 atom stereocenters. The Balaban J connectivity index is 0.00000196. The number of rotatable bonds is 4. The molecule has 3 N–H and O–H groups in total. The summed E-state index contributed by atoms with van der Waals surface area (Å²) in [6, 6.07) is 7.07. The zero-order chi connectivity index (χ0) is 10.4. The number of hydrogen-bond donors (Lipinski definition) is 2. The number of benzene rings is 1. The fraction of sp³-hybridized carbons (Fsp3) is 0.300. The number of carbonyl (C=O) groups is 1. The molecule has 5 heteroatoms. The number of nitrogens with one attached hydrogen (secondary N) is 1. The molecular weight excluding hydrogens is 216 g/mol. The molecule has 0 fully saturated rings. The Hall–Kier alpha value is -1.26. The Kier molecular flexibility index (Phi) is 6.49. The van der Waals surface area contributed by atoms with E-state index in [9.17, 15) is 4.79 Å². The Bertz CT molecular complexity index is 318. The summed E-state index contributed by atoms with van der Waals surface area (Å²) < 4.78 is 4.79. The summed E-state index contributed by atoms with van der Waals surface area (Å²) in [5.41, 5.74) is 6.91. The van der Waals surface area contributed by atoms with E-state index in [-0.39, 0.29) is 18.3 Å². The van der Waals surface area contributed by atoms with Crippen molar-refractivity contribution in [2.24, 2.45) is 0 Å². The van der Waals surface area contributed by atoms with Crippen LogP contribution in [0.25, 0.3) is 0 Å². The van der Waals surface area contributed by atoms with Gasteiger partial charge in [0, 0.05) is 18.5 Å². The van der Waals surface area contributed by atoms with Crippen LogP contribution in [-0.2, 0) is 9.53 Å². The molecule has 0 saturated heterocycles. The van der Waals surface area contributed by atoms with Crippen LogP contribution >= 0.6 is 12.4 Å². The molecule has 1 aromatic carbocycles. The molecule has 0 aromatic heterocycles. The van der Waals surface area contributed by atoms with Crippen LogP contribution in [0.2, 0.25) is 0 Å². The minimum atomic E-state index is -0.0718. The van der Waals surface area contributed by atoms with E-state index < -0.39 is 0 Å². The second-order valence-electron chi connectivity index (χ2n) is 2.92. The van der Waals surface area contributed by atoms with Crippen LogP contribution < -0.4 is 11.1 Å². The number of halogens is 1. The van der Waals surface area contributed by atoms with Crippen molar-refractivity contribution in [3.05, 3.63) is 24.3 Å². The smallest absolute Gasteiger partial charge is 0.226 e. The van der Waals surface area contributed by atoms with Crippen molar-refractivity contribution in [2.45, 2.75) is 6.42 Å². The summed E-state index contributed by atoms with van der Waals surface area (Å²) in [5, 5.41) is 2.72. The average molecular weight is 231 g/mol. The molecule has 1 amide bonds. The van der Waals surface area contributed by atoms with Crippen molar-refractivity contribution in [3.63, 3.8) is 0 Å². The number of nitrogen functional groups attached to an aromatic ring is 1. The lowest BCUT2D eigenvalue weighted by Gasteiger charge is -2.04. The first-order valence-corrected chi connectivity index (χ1v) is 4.36. The maximum atomic E-state index is 11.3. The van der Waals surface area contributed by atoms with Gasteiger partial charge >= 0.3 is 0 Å². The van der Waals surface area contributed by atoms with Crippen molar-refractivity contribution >= 4 is 29.7 Å². The molecule has 15 heavy (non-hydrogen) atoms. The third-order valence-electron chi connectivity index (χ3n) is 1.70. The van der Waals surface area contributed by atoms with Crippen LogP contribution in [0.5, 0.6) is 0 Å². The zero-order valence-corrected chi connectivity index (χ0v) is 9.34. The number of hydrogen-bond acceptors (Lipinski definition) is 3. The Labute approximate surface area is 95.2 Å². The van der Waals surface area contributed by atoms with E-state index in [1.165, 1.54) is 0 Å². The third-order valence-corrected chi connectivity index (χ3v) is 1.70. The highest BCUT2D eigenvalue weighted by atomic mass is 35.5. The van der Waals surface area contributed by atoms with E-state index in [4.69, 9.17) is 10.5 Å². The number of carbonyl (C=O) groups excluding carboxylic acids is 1. The van der Waals surface area contributed by atoms with Gasteiger partial charge in [-0.15, -0.1) is 12.4 Å². The highest BCUT2D eigenvalue weighted by molar-refractivity contribution is 5.91. The molecule has 0 saturated carbocycles. The van der Waals surface area contributed by atoms with Gasteiger partial charge in [-0.05, 0) is 18.2 Å². The number of methoxy groups -OCH3 is 1. The lowest BCUT2D eigenvalue weighted by molar-refractivity contribution is -0.117. The normalized spacial score (nSPS) is 9.13. The second kappa shape index (κ2) is 7.09. The van der Waals surface area contributed by atoms with Crippen LogP contribution in [0.4, 0.5) is 11.4 Å². The van der Waals surface area contributed by atoms with Crippen LogP contribution in [-0.4, -0.2) is 19.6 Å². The summed E-state index contributed by atoms with van der Waals surface area (Å²) in [5.74, 6) is -0.0718. The van der Waals surface area contributed by atoms with Gasteiger partial charge in [-0.3, -0.25) is 4.79 Å². The van der Waals surface area contributed by atoms with Crippen molar-refractivity contribution in [1.29, 1.82) is 0 Å². The van der Waals surface area contributed by atoms with E-state index in [0.717, 1.165) is 0 Å². The quantitative estimate of drug-likeness (QED) is 0.774. The topological polar surface area (TPSA) is 64.3 Å². The fourth-order valence-corrected chi connectivity index (χ4v) is 1.03. The average Bonchev–Trinajstić information content (AvgIpc) is 2.15. The zero-order valence-electron chi connectivity index (χ0n) is 8.53. The lowest BCUT2D eigenvalue weighted by Crippen LogP contribution is -2.13. The standard InChI is InChI=1S/C10H14N2O2.ClH/c1-14-6-5-10(13)12-9-4-2-3-8(11)7-9;/h2-4,7H,5-6,11H2,1H3,(H,12,13);1H. The van der Waals surface area contributed by atoms with Crippen LogP contribution in [0, 0.1) is 0 Å². The maximum Gasteiger partial charge on any atom is 0.226 e. The molecule has 0 bridgehead atoms. The molecule has 0 aliphatic rings. The Morgan fingerprint density at radius 2 is 2.27 bits per heavy atom. The minimum absolute atomic E-state index is 0. The number of amides is 1. The highest BCUT2D eigenvalue weighted by Crippen LogP contribution is 2.11. The number of ether oxygens (including phenoxy) is 1. The molecule has 1 aromatic rings. The summed E-state index contributed by atoms with van der Waals surface area (Å²) in [6.45, 7) is 0.425. The van der Waals surface area contributed by atoms with Gasteiger partial charge in [0.25, 0.3) is 0 Å². The van der Waals surface area contributed by atoms with Crippen molar-refractivity contribution in [2.75, 3.05) is 24.8 Å². The van der Waals surface area contributed by atoms with Crippen molar-refractivity contribution in [1.82, 2.24) is 0 Å². The SMILES string of the molecule is COCCC(=O)Nc1cccc(N)c1.Cl. The van der Waals surface area contributed by atoms with Crippen LogP contribution in [0.3, 0.4) is 0 Å². The van der Waals surface area contributed by atoms with Crippen molar-refractivity contribution in [3.8, 4) is 0 Å². The molecule has 0 aliphatic heterocycles. The summed E-state index contributed by atoms with van der Waals surface area (Å²) in [4.78, 5) is 11.3. The first kappa shape index (κ1) is 13.7. The molecule has 0 aliphatic carbocycles. The van der Waals surface area contributed by atoms with Gasteiger partial charge in [0.2, 0.25) is 5.91 Å². The Morgan fingerprint density at radius 1 is 1.53 bits per heavy atom. The number of anilines is 2. The first-order valence-electron chi connectivity index (χ1n) is 4.36. The van der Waals surface area contributed by atoms with Gasteiger partial charge in [-0.1, -0.05) is 6.07 Å². The molecular formula is C10H15ClN2O2. The van der Waals surface area contributed by atoms with Crippen LogP contribution in [0.15, 0.2) is 24.3 Å². The van der Waals surface area contributed by atoms with E-state index in [2.05, 4.69) is 5.32 Å². The van der Waals surface area contributed by atoms with Gasteiger partial charge < -0.3 is 15.8 Å². The lowest BCUT2D eigenvalue weighted by atomic mass is 10.3. The monoisotopic (exact) mass is 230 g/mol. The highest BCUT2D eigenvalue weighted by Gasteiger charge is 2.01. The third kappa shape index (κ3) is 5.24. The predicted octanol–water partition coefficient (Wildman–Crippen LogP) is 1.67. The van der Waals surface area contributed by atoms with E-state index in [1.807, 2.05) is 0 Å². The molecule has 0 spiro atoms. The summed E-state index contributed by atoms with van der Waals surface area (Å²) in [7, 11) is 1.56. The van der Waals surface area contributed by atoms with Gasteiger partial charge in [0.1, 0.15) is 0 Å². The predicted molar refractivity (Wildman–Crippen MR) is 63.2 cm³/mol.